The average molecular weight is 503 g/mol. The highest BCUT2D eigenvalue weighted by molar-refractivity contribution is 6.13. The topological polar surface area (TPSA) is 133 Å². The molecule has 3 rings (SSSR count). The smallest absolute Gasteiger partial charge is 0.253 e. The van der Waals surface area contributed by atoms with Gasteiger partial charge in [0.15, 0.2) is 0 Å². The van der Waals surface area contributed by atoms with Crippen molar-refractivity contribution in [3.8, 4) is 0 Å². The van der Waals surface area contributed by atoms with Gasteiger partial charge in [0, 0.05) is 62.8 Å². The molecule has 6 amide bonds. The van der Waals surface area contributed by atoms with E-state index in [9.17, 15) is 28.8 Å². The number of hydrogen-bond donors (Lipinski definition) is 2. The number of carbonyl (C=O) groups excluding carboxylic acids is 6. The van der Waals surface area contributed by atoms with Gasteiger partial charge in [0.2, 0.25) is 11.8 Å². The van der Waals surface area contributed by atoms with Crippen molar-refractivity contribution in [2.45, 2.75) is 65.2 Å². The Labute approximate surface area is 212 Å². The molecule has 0 atom stereocenters. The molecule has 2 heterocycles. The van der Waals surface area contributed by atoms with E-state index in [4.69, 9.17) is 0 Å². The summed E-state index contributed by atoms with van der Waals surface area (Å²) in [5.41, 5.74) is 0. The fourth-order valence-corrected chi connectivity index (χ4v) is 4.46. The SMILES string of the molecule is CCNC(=O)C1CCC(CN2C(=O)C=CC2=O)CC1.CCNC(=O)CCCCCN1C(=O)C=CC1=O. The van der Waals surface area contributed by atoms with E-state index in [2.05, 4.69) is 10.6 Å². The van der Waals surface area contributed by atoms with E-state index in [1.807, 2.05) is 13.8 Å². The normalized spacial score (nSPS) is 21.1. The van der Waals surface area contributed by atoms with Gasteiger partial charge in [-0.2, -0.15) is 0 Å². The quantitative estimate of drug-likeness (QED) is 0.325. The summed E-state index contributed by atoms with van der Waals surface area (Å²) < 4.78 is 0. The Morgan fingerprint density at radius 3 is 1.81 bits per heavy atom. The third-order valence-electron chi connectivity index (χ3n) is 6.47. The fraction of sp³-hybridized carbons (Fsp3) is 0.615. The summed E-state index contributed by atoms with van der Waals surface area (Å²) in [5, 5.41) is 5.57. The highest BCUT2D eigenvalue weighted by Gasteiger charge is 2.31. The maximum atomic E-state index is 11.7. The number of unbranched alkanes of at least 4 members (excludes halogenated alkanes) is 2. The summed E-state index contributed by atoms with van der Waals surface area (Å²) in [5.74, 6) is -0.277. The molecule has 1 fully saturated rings. The van der Waals surface area contributed by atoms with Crippen LogP contribution in [-0.4, -0.2) is 71.4 Å². The number of hydrogen-bond acceptors (Lipinski definition) is 6. The van der Waals surface area contributed by atoms with Gasteiger partial charge >= 0.3 is 0 Å². The van der Waals surface area contributed by atoms with E-state index in [1.54, 1.807) is 0 Å². The van der Waals surface area contributed by atoms with Crippen molar-refractivity contribution >= 4 is 35.4 Å². The van der Waals surface area contributed by atoms with E-state index < -0.39 is 0 Å². The van der Waals surface area contributed by atoms with Crippen LogP contribution in [0.1, 0.15) is 65.2 Å². The molecule has 10 heteroatoms. The third-order valence-corrected chi connectivity index (χ3v) is 6.47. The van der Waals surface area contributed by atoms with E-state index in [0.29, 0.717) is 38.5 Å². The van der Waals surface area contributed by atoms with Crippen molar-refractivity contribution in [3.63, 3.8) is 0 Å². The van der Waals surface area contributed by atoms with E-state index in [-0.39, 0.29) is 41.4 Å². The second kappa shape index (κ2) is 15.0. The van der Waals surface area contributed by atoms with Gasteiger partial charge in [0.05, 0.1) is 0 Å². The van der Waals surface area contributed by atoms with E-state index >= 15 is 0 Å². The minimum Gasteiger partial charge on any atom is -0.356 e. The maximum absolute atomic E-state index is 11.7. The maximum Gasteiger partial charge on any atom is 0.253 e. The zero-order chi connectivity index (χ0) is 26.5. The summed E-state index contributed by atoms with van der Waals surface area (Å²) in [6.45, 7) is 6.06. The lowest BCUT2D eigenvalue weighted by atomic mass is 9.81. The Balaban J connectivity index is 0.000000255. The number of carbonyl (C=O) groups is 6. The first-order valence-corrected chi connectivity index (χ1v) is 12.9. The van der Waals surface area contributed by atoms with Crippen LogP contribution in [0.5, 0.6) is 0 Å². The molecule has 3 aliphatic rings. The highest BCUT2D eigenvalue weighted by atomic mass is 16.2. The van der Waals surface area contributed by atoms with Crippen molar-refractivity contribution < 1.29 is 28.8 Å². The first-order valence-electron chi connectivity index (χ1n) is 12.9. The van der Waals surface area contributed by atoms with Crippen molar-refractivity contribution in [3.05, 3.63) is 24.3 Å². The molecule has 2 aliphatic heterocycles. The minimum absolute atomic E-state index is 0.0579. The van der Waals surface area contributed by atoms with Gasteiger partial charge in [-0.25, -0.2) is 0 Å². The molecular weight excluding hydrogens is 464 g/mol. The molecule has 198 valence electrons. The average Bonchev–Trinajstić information content (AvgIpc) is 3.35. The second-order valence-electron chi connectivity index (χ2n) is 9.16. The fourth-order valence-electron chi connectivity index (χ4n) is 4.46. The Kier molecular flexibility index (Phi) is 12.0. The molecule has 1 aliphatic carbocycles. The molecular formula is C26H38N4O6. The van der Waals surface area contributed by atoms with Crippen LogP contribution >= 0.6 is 0 Å². The predicted octanol–water partition coefficient (Wildman–Crippen LogP) is 1.46. The molecule has 0 saturated heterocycles. The Morgan fingerprint density at radius 1 is 0.750 bits per heavy atom. The standard InChI is InChI=1S/C14H20N2O3.C12H18N2O3/c1-2-15-14(19)11-5-3-10(4-6-11)9-16-12(17)7-8-13(16)18;1-2-13-10(15)6-4-3-5-9-14-11(16)7-8-12(14)17/h7-8,10-11H,2-6,9H2,1H3,(H,15,19);7-8H,2-6,9H2,1H3,(H,13,15). The Morgan fingerprint density at radius 2 is 1.28 bits per heavy atom. The molecule has 0 radical (unpaired) electrons. The van der Waals surface area contributed by atoms with Gasteiger partial charge in [-0.3, -0.25) is 38.6 Å². The number of imide groups is 2. The number of rotatable bonds is 11. The van der Waals surface area contributed by atoms with Crippen molar-refractivity contribution in [1.82, 2.24) is 20.4 Å². The Hall–Kier alpha value is -3.30. The summed E-state index contributed by atoms with van der Waals surface area (Å²) in [6, 6.07) is 0. The Bertz CT molecular complexity index is 853. The van der Waals surface area contributed by atoms with E-state index in [0.717, 1.165) is 44.9 Å². The number of amides is 6. The minimum atomic E-state index is -0.237. The van der Waals surface area contributed by atoms with Crippen LogP contribution < -0.4 is 10.6 Å². The molecule has 2 N–H and O–H groups in total. The predicted molar refractivity (Wildman–Crippen MR) is 133 cm³/mol. The molecule has 0 aromatic rings. The van der Waals surface area contributed by atoms with Gasteiger partial charge in [-0.05, 0) is 58.3 Å². The number of nitrogens with zero attached hydrogens (tertiary/aromatic N) is 2. The zero-order valence-electron chi connectivity index (χ0n) is 21.3. The summed E-state index contributed by atoms with van der Waals surface area (Å²) in [4.78, 5) is 70.7. The van der Waals surface area contributed by atoms with Gasteiger partial charge in [-0.1, -0.05) is 6.42 Å². The molecule has 0 aromatic carbocycles. The van der Waals surface area contributed by atoms with Crippen LogP contribution in [0.3, 0.4) is 0 Å². The van der Waals surface area contributed by atoms with Gasteiger partial charge in [-0.15, -0.1) is 0 Å². The monoisotopic (exact) mass is 502 g/mol. The van der Waals surface area contributed by atoms with Crippen molar-refractivity contribution in [1.29, 1.82) is 0 Å². The lowest BCUT2D eigenvalue weighted by Crippen LogP contribution is -2.38. The van der Waals surface area contributed by atoms with Crippen molar-refractivity contribution in [2.75, 3.05) is 26.2 Å². The van der Waals surface area contributed by atoms with Gasteiger partial charge in [0.1, 0.15) is 0 Å². The third kappa shape index (κ3) is 9.05. The van der Waals surface area contributed by atoms with Crippen molar-refractivity contribution in [2.24, 2.45) is 11.8 Å². The van der Waals surface area contributed by atoms with Gasteiger partial charge < -0.3 is 10.6 Å². The molecule has 1 saturated carbocycles. The lowest BCUT2D eigenvalue weighted by Gasteiger charge is -2.29. The summed E-state index contributed by atoms with van der Waals surface area (Å²) in [7, 11) is 0. The van der Waals surface area contributed by atoms with Crippen LogP contribution in [0.15, 0.2) is 24.3 Å². The van der Waals surface area contributed by atoms with E-state index in [1.165, 1.54) is 34.1 Å². The van der Waals surface area contributed by atoms with Crippen LogP contribution in [0.25, 0.3) is 0 Å². The molecule has 0 spiro atoms. The molecule has 0 bridgehead atoms. The summed E-state index contributed by atoms with van der Waals surface area (Å²) in [6.07, 6.45) is 11.6. The van der Waals surface area contributed by atoms with Crippen LogP contribution in [-0.2, 0) is 28.8 Å². The first-order chi connectivity index (χ1) is 17.3. The molecule has 0 unspecified atom stereocenters. The van der Waals surface area contributed by atoms with Crippen LogP contribution in [0.4, 0.5) is 0 Å². The zero-order valence-corrected chi connectivity index (χ0v) is 21.3. The van der Waals surface area contributed by atoms with Crippen LogP contribution in [0.2, 0.25) is 0 Å². The molecule has 10 nitrogen and oxygen atoms in total. The second-order valence-corrected chi connectivity index (χ2v) is 9.16. The summed E-state index contributed by atoms with van der Waals surface area (Å²) >= 11 is 0. The molecule has 36 heavy (non-hydrogen) atoms. The largest absolute Gasteiger partial charge is 0.356 e. The van der Waals surface area contributed by atoms with Gasteiger partial charge in [0.25, 0.3) is 23.6 Å². The lowest BCUT2D eigenvalue weighted by molar-refractivity contribution is -0.139. The number of nitrogens with one attached hydrogen (secondary N) is 2. The van der Waals surface area contributed by atoms with Crippen LogP contribution in [0, 0.1) is 11.8 Å². The first kappa shape index (κ1) is 28.9. The highest BCUT2D eigenvalue weighted by Crippen LogP contribution is 2.30. The molecule has 0 aromatic heterocycles.